The maximum absolute atomic E-state index is 11.5. The summed E-state index contributed by atoms with van der Waals surface area (Å²) in [7, 11) is 1.64. The lowest BCUT2D eigenvalue weighted by Gasteiger charge is -2.06. The molecule has 0 fully saturated rings. The fourth-order valence-corrected chi connectivity index (χ4v) is 2.49. The number of carboxylic acid groups (broad SMARTS) is 1. The van der Waals surface area contributed by atoms with Crippen LogP contribution in [0.25, 0.3) is 22.2 Å². The SMILES string of the molecule is Cn1nc(C(=O)O)c2c(-c3ccc(NN=C(C#N)C#N)cc3)ccnc21. The third-order valence-corrected chi connectivity index (χ3v) is 3.63. The highest BCUT2D eigenvalue weighted by atomic mass is 16.4. The molecular weight excluding hydrogens is 334 g/mol. The molecular formula is C17H11N7O2. The van der Waals surface area contributed by atoms with Gasteiger partial charge < -0.3 is 5.11 Å². The second kappa shape index (κ2) is 6.71. The highest BCUT2D eigenvalue weighted by Gasteiger charge is 2.19. The summed E-state index contributed by atoms with van der Waals surface area (Å²) >= 11 is 0. The van der Waals surface area contributed by atoms with Crippen molar-refractivity contribution in [2.75, 3.05) is 5.43 Å². The molecule has 9 heteroatoms. The first-order valence-corrected chi connectivity index (χ1v) is 7.34. The van der Waals surface area contributed by atoms with Crippen LogP contribution in [0.1, 0.15) is 10.5 Å². The molecule has 0 bridgehead atoms. The monoisotopic (exact) mass is 345 g/mol. The first-order chi connectivity index (χ1) is 12.5. The van der Waals surface area contributed by atoms with Gasteiger partial charge in [-0.25, -0.2) is 14.5 Å². The zero-order chi connectivity index (χ0) is 18.7. The van der Waals surface area contributed by atoms with E-state index >= 15 is 0 Å². The number of carbonyl (C=O) groups is 1. The van der Waals surface area contributed by atoms with Crippen molar-refractivity contribution in [3.05, 3.63) is 42.2 Å². The Morgan fingerprint density at radius 2 is 1.92 bits per heavy atom. The summed E-state index contributed by atoms with van der Waals surface area (Å²) in [5.74, 6) is -1.13. The number of aromatic nitrogens is 3. The van der Waals surface area contributed by atoms with Gasteiger partial charge in [0.1, 0.15) is 12.1 Å². The summed E-state index contributed by atoms with van der Waals surface area (Å²) in [6.45, 7) is 0. The van der Waals surface area contributed by atoms with Crippen LogP contribution in [-0.2, 0) is 7.05 Å². The quantitative estimate of drug-likeness (QED) is 0.545. The lowest BCUT2D eigenvalue weighted by atomic mass is 10.0. The van der Waals surface area contributed by atoms with Gasteiger partial charge in [0, 0.05) is 13.2 Å². The minimum atomic E-state index is -1.13. The minimum Gasteiger partial charge on any atom is -0.476 e. The van der Waals surface area contributed by atoms with Gasteiger partial charge in [-0.2, -0.15) is 20.7 Å². The van der Waals surface area contributed by atoms with Crippen molar-refractivity contribution in [2.24, 2.45) is 12.1 Å². The van der Waals surface area contributed by atoms with Crippen LogP contribution in [0.2, 0.25) is 0 Å². The van der Waals surface area contributed by atoms with Crippen LogP contribution < -0.4 is 5.43 Å². The number of rotatable bonds is 4. The van der Waals surface area contributed by atoms with Gasteiger partial charge in [-0.15, -0.1) is 0 Å². The van der Waals surface area contributed by atoms with Gasteiger partial charge in [0.15, 0.2) is 11.3 Å². The van der Waals surface area contributed by atoms with Gasteiger partial charge in [-0.05, 0) is 29.3 Å². The third-order valence-electron chi connectivity index (χ3n) is 3.63. The molecule has 0 atom stereocenters. The molecule has 2 aromatic heterocycles. The van der Waals surface area contributed by atoms with Crippen LogP contribution in [0.15, 0.2) is 41.6 Å². The Morgan fingerprint density at radius 1 is 1.23 bits per heavy atom. The largest absolute Gasteiger partial charge is 0.476 e. The second-order valence-corrected chi connectivity index (χ2v) is 5.21. The number of carboxylic acids is 1. The van der Waals surface area contributed by atoms with Crippen molar-refractivity contribution in [1.82, 2.24) is 14.8 Å². The number of pyridine rings is 1. The van der Waals surface area contributed by atoms with E-state index in [1.54, 1.807) is 55.7 Å². The van der Waals surface area contributed by atoms with Crippen molar-refractivity contribution < 1.29 is 9.90 Å². The number of nitrogens with one attached hydrogen (secondary N) is 1. The number of nitriles is 2. The number of hydrogen-bond acceptors (Lipinski definition) is 7. The van der Waals surface area contributed by atoms with E-state index in [4.69, 9.17) is 10.5 Å². The maximum Gasteiger partial charge on any atom is 0.357 e. The highest BCUT2D eigenvalue weighted by molar-refractivity contribution is 6.10. The van der Waals surface area contributed by atoms with Gasteiger partial charge >= 0.3 is 5.97 Å². The summed E-state index contributed by atoms with van der Waals surface area (Å²) in [6, 6.07) is 12.0. The molecule has 0 amide bonds. The predicted molar refractivity (Wildman–Crippen MR) is 93.2 cm³/mol. The molecule has 26 heavy (non-hydrogen) atoms. The molecule has 0 aliphatic heterocycles. The predicted octanol–water partition coefficient (Wildman–Crippen LogP) is 2.15. The highest BCUT2D eigenvalue weighted by Crippen LogP contribution is 2.30. The van der Waals surface area contributed by atoms with Crippen LogP contribution in [0, 0.1) is 22.7 Å². The first kappa shape index (κ1) is 16.6. The fourth-order valence-electron chi connectivity index (χ4n) is 2.49. The number of nitrogens with zero attached hydrogens (tertiary/aromatic N) is 6. The van der Waals surface area contributed by atoms with E-state index in [-0.39, 0.29) is 11.4 Å². The summed E-state index contributed by atoms with van der Waals surface area (Å²) in [5, 5.41) is 34.9. The van der Waals surface area contributed by atoms with E-state index in [0.29, 0.717) is 22.3 Å². The summed E-state index contributed by atoms with van der Waals surface area (Å²) < 4.78 is 1.43. The number of hydrazone groups is 1. The molecule has 0 unspecified atom stereocenters. The van der Waals surface area contributed by atoms with Crippen molar-refractivity contribution in [2.45, 2.75) is 0 Å². The minimum absolute atomic E-state index is 0.0647. The Labute approximate surface area is 147 Å². The number of fused-ring (bicyclic) bond motifs is 1. The average molecular weight is 345 g/mol. The average Bonchev–Trinajstić information content (AvgIpc) is 3.00. The Morgan fingerprint density at radius 3 is 2.54 bits per heavy atom. The molecule has 3 rings (SSSR count). The third kappa shape index (κ3) is 2.92. The van der Waals surface area contributed by atoms with Gasteiger partial charge in [-0.3, -0.25) is 5.43 Å². The molecule has 2 heterocycles. The van der Waals surface area contributed by atoms with E-state index in [2.05, 4.69) is 20.6 Å². The van der Waals surface area contributed by atoms with Gasteiger partial charge in [0.25, 0.3) is 0 Å². The number of aryl methyl sites for hydroxylation is 1. The topological polar surface area (TPSA) is 140 Å². The Balaban J connectivity index is 2.03. The number of anilines is 1. The van der Waals surface area contributed by atoms with E-state index in [9.17, 15) is 9.90 Å². The molecule has 0 saturated heterocycles. The molecule has 0 aliphatic rings. The molecule has 0 aliphatic carbocycles. The van der Waals surface area contributed by atoms with Crippen LogP contribution in [0.5, 0.6) is 0 Å². The van der Waals surface area contributed by atoms with Crippen molar-refractivity contribution >= 4 is 28.4 Å². The summed E-state index contributed by atoms with van der Waals surface area (Å²) in [5.41, 5.74) is 4.77. The van der Waals surface area contributed by atoms with E-state index in [0.717, 1.165) is 5.56 Å². The summed E-state index contributed by atoms with van der Waals surface area (Å²) in [6.07, 6.45) is 1.59. The normalized spacial score (nSPS) is 9.96. The van der Waals surface area contributed by atoms with Gasteiger partial charge in [0.2, 0.25) is 5.71 Å². The number of aromatic carboxylic acids is 1. The molecule has 0 radical (unpaired) electrons. The zero-order valence-corrected chi connectivity index (χ0v) is 13.5. The van der Waals surface area contributed by atoms with E-state index in [1.165, 1.54) is 4.68 Å². The molecule has 0 saturated carbocycles. The van der Waals surface area contributed by atoms with Gasteiger partial charge in [-0.1, -0.05) is 12.1 Å². The zero-order valence-electron chi connectivity index (χ0n) is 13.5. The van der Waals surface area contributed by atoms with Crippen molar-refractivity contribution in [1.29, 1.82) is 10.5 Å². The Hall–Kier alpha value is -4.24. The Kier molecular flexibility index (Phi) is 4.29. The number of hydrogen-bond donors (Lipinski definition) is 2. The maximum atomic E-state index is 11.5. The van der Waals surface area contributed by atoms with Crippen LogP contribution in [0.3, 0.4) is 0 Å². The van der Waals surface area contributed by atoms with Gasteiger partial charge in [0.05, 0.1) is 11.1 Å². The van der Waals surface area contributed by atoms with Crippen LogP contribution >= 0.6 is 0 Å². The lowest BCUT2D eigenvalue weighted by Crippen LogP contribution is -1.99. The van der Waals surface area contributed by atoms with Crippen LogP contribution in [-0.4, -0.2) is 31.6 Å². The molecule has 2 N–H and O–H groups in total. The summed E-state index contributed by atoms with van der Waals surface area (Å²) in [4.78, 5) is 15.7. The van der Waals surface area contributed by atoms with Crippen molar-refractivity contribution in [3.8, 4) is 23.3 Å². The lowest BCUT2D eigenvalue weighted by molar-refractivity contribution is 0.0691. The van der Waals surface area contributed by atoms with Crippen molar-refractivity contribution in [3.63, 3.8) is 0 Å². The standard InChI is InChI=1S/C17H11N7O2/c1-24-16-14(15(23-24)17(25)26)13(6-7-20-16)10-2-4-11(5-3-10)21-22-12(8-18)9-19/h2-7,21H,1H3,(H,25,26). The molecule has 1 aromatic carbocycles. The molecule has 3 aromatic rings. The Bertz CT molecular complexity index is 1100. The molecule has 126 valence electrons. The second-order valence-electron chi connectivity index (χ2n) is 5.21. The van der Waals surface area contributed by atoms with Crippen LogP contribution in [0.4, 0.5) is 5.69 Å². The molecule has 0 spiro atoms. The smallest absolute Gasteiger partial charge is 0.357 e. The number of benzene rings is 1. The van der Waals surface area contributed by atoms with E-state index in [1.807, 2.05) is 0 Å². The van der Waals surface area contributed by atoms with E-state index < -0.39 is 5.97 Å². The molecule has 9 nitrogen and oxygen atoms in total. The first-order valence-electron chi connectivity index (χ1n) is 7.34. The fraction of sp³-hybridized carbons (Fsp3) is 0.0588.